The van der Waals surface area contributed by atoms with Crippen molar-refractivity contribution in [1.29, 1.82) is 0 Å². The van der Waals surface area contributed by atoms with E-state index < -0.39 is 0 Å². The van der Waals surface area contributed by atoms with Gasteiger partial charge in [-0.3, -0.25) is 0 Å². The lowest BCUT2D eigenvalue weighted by Crippen LogP contribution is -2.10. The first kappa shape index (κ1) is 13.7. The van der Waals surface area contributed by atoms with E-state index in [1.165, 1.54) is 0 Å². The van der Waals surface area contributed by atoms with Gasteiger partial charge in [0.05, 0.1) is 18.8 Å². The van der Waals surface area contributed by atoms with Gasteiger partial charge in [0.1, 0.15) is 6.61 Å². The molecule has 0 radical (unpaired) electrons. The number of rotatable bonds is 7. The van der Waals surface area contributed by atoms with Crippen molar-refractivity contribution in [3.05, 3.63) is 48.0 Å². The van der Waals surface area contributed by atoms with E-state index in [-0.39, 0.29) is 12.6 Å². The summed E-state index contributed by atoms with van der Waals surface area (Å²) in [6.07, 6.45) is 1.65. The Morgan fingerprint density at radius 2 is 2.00 bits per heavy atom. The summed E-state index contributed by atoms with van der Waals surface area (Å²) in [6.45, 7) is 4.59. The first-order valence-corrected chi connectivity index (χ1v) is 5.82. The van der Waals surface area contributed by atoms with E-state index in [4.69, 9.17) is 21.1 Å². The van der Waals surface area contributed by atoms with Crippen LogP contribution in [0.5, 0.6) is 0 Å². The molecule has 0 amide bonds. The fourth-order valence-electron chi connectivity index (χ4n) is 1.17. The third-order valence-electron chi connectivity index (χ3n) is 2.04. The number of carbonyl (C=O) groups is 1. The number of esters is 1. The molecule has 4 heteroatoms. The second-order valence-corrected chi connectivity index (χ2v) is 3.60. The van der Waals surface area contributed by atoms with E-state index in [1.807, 2.05) is 0 Å². The van der Waals surface area contributed by atoms with Gasteiger partial charge in [-0.2, -0.15) is 0 Å². The number of ether oxygens (including phenoxy) is 2. The molecule has 0 N–H and O–H groups in total. The van der Waals surface area contributed by atoms with Crippen LogP contribution in [0.25, 0.3) is 0 Å². The molecule has 0 aliphatic carbocycles. The smallest absolute Gasteiger partial charge is 0.338 e. The summed E-state index contributed by atoms with van der Waals surface area (Å²) in [5, 5.41) is 0. The molecule has 0 saturated carbocycles. The Labute approximate surface area is 106 Å². The van der Waals surface area contributed by atoms with Crippen LogP contribution in [0.3, 0.4) is 0 Å². The lowest BCUT2D eigenvalue weighted by molar-refractivity contribution is 0.0354. The van der Waals surface area contributed by atoms with Crippen molar-refractivity contribution >= 4 is 17.6 Å². The Hall–Kier alpha value is -1.32. The molecule has 0 atom stereocenters. The van der Waals surface area contributed by atoms with Crippen molar-refractivity contribution in [1.82, 2.24) is 0 Å². The third-order valence-corrected chi connectivity index (χ3v) is 2.35. The van der Waals surface area contributed by atoms with Crippen LogP contribution in [0, 0.1) is 0 Å². The summed E-state index contributed by atoms with van der Waals surface area (Å²) in [7, 11) is 0. The first-order chi connectivity index (χ1) is 8.27. The summed E-state index contributed by atoms with van der Waals surface area (Å²) >= 11 is 5.65. The van der Waals surface area contributed by atoms with Crippen LogP contribution in [-0.2, 0) is 15.4 Å². The predicted octanol–water partition coefficient (Wildman–Crippen LogP) is 2.78. The molecule has 92 valence electrons. The lowest BCUT2D eigenvalue weighted by Gasteiger charge is -2.05. The lowest BCUT2D eigenvalue weighted by atomic mass is 10.1. The topological polar surface area (TPSA) is 35.5 Å². The first-order valence-electron chi connectivity index (χ1n) is 5.28. The van der Waals surface area contributed by atoms with Gasteiger partial charge in [-0.1, -0.05) is 18.2 Å². The highest BCUT2D eigenvalue weighted by Crippen LogP contribution is 2.07. The zero-order chi connectivity index (χ0) is 12.5. The van der Waals surface area contributed by atoms with Crippen LogP contribution in [0.15, 0.2) is 36.9 Å². The normalized spacial score (nSPS) is 9.94. The quantitative estimate of drug-likeness (QED) is 0.325. The maximum atomic E-state index is 11.5. The Bertz CT molecular complexity index is 359. The number of halogens is 1. The highest BCUT2D eigenvalue weighted by atomic mass is 35.5. The molecular formula is C13H15ClO3. The van der Waals surface area contributed by atoms with Crippen molar-refractivity contribution < 1.29 is 14.3 Å². The number of alkyl halides is 1. The van der Waals surface area contributed by atoms with Crippen LogP contribution in [0.2, 0.25) is 0 Å². The molecule has 17 heavy (non-hydrogen) atoms. The minimum atomic E-state index is -0.353. The van der Waals surface area contributed by atoms with Gasteiger partial charge >= 0.3 is 5.97 Å². The molecule has 0 fully saturated rings. The SMILES string of the molecule is C=CCOCCOC(=O)c1ccc(CCl)cc1. The van der Waals surface area contributed by atoms with E-state index >= 15 is 0 Å². The van der Waals surface area contributed by atoms with Gasteiger partial charge in [-0.05, 0) is 17.7 Å². The molecule has 1 aromatic rings. The van der Waals surface area contributed by atoms with Gasteiger partial charge in [0.15, 0.2) is 0 Å². The van der Waals surface area contributed by atoms with Gasteiger partial charge in [-0.15, -0.1) is 18.2 Å². The van der Waals surface area contributed by atoms with Gasteiger partial charge in [0.25, 0.3) is 0 Å². The molecule has 0 heterocycles. The second kappa shape index (κ2) is 7.87. The molecule has 1 aromatic carbocycles. The van der Waals surface area contributed by atoms with Crippen LogP contribution < -0.4 is 0 Å². The highest BCUT2D eigenvalue weighted by molar-refractivity contribution is 6.17. The Morgan fingerprint density at radius 1 is 1.29 bits per heavy atom. The van der Waals surface area contributed by atoms with Crippen molar-refractivity contribution in [3.8, 4) is 0 Å². The summed E-state index contributed by atoms with van der Waals surface area (Å²) in [5.74, 6) is 0.0818. The van der Waals surface area contributed by atoms with Gasteiger partial charge < -0.3 is 9.47 Å². The Balaban J connectivity index is 2.33. The minimum Gasteiger partial charge on any atom is -0.460 e. The number of carbonyl (C=O) groups excluding carboxylic acids is 1. The molecule has 0 aliphatic rings. The average Bonchev–Trinajstić information content (AvgIpc) is 2.38. The van der Waals surface area contributed by atoms with Crippen molar-refractivity contribution in [2.75, 3.05) is 19.8 Å². The molecule has 0 unspecified atom stereocenters. The molecule has 3 nitrogen and oxygen atoms in total. The average molecular weight is 255 g/mol. The van der Waals surface area contributed by atoms with E-state index in [0.29, 0.717) is 24.7 Å². The predicted molar refractivity (Wildman–Crippen MR) is 67.3 cm³/mol. The minimum absolute atomic E-state index is 0.240. The molecule has 0 saturated heterocycles. The van der Waals surface area contributed by atoms with Crippen molar-refractivity contribution in [2.24, 2.45) is 0 Å². The maximum Gasteiger partial charge on any atom is 0.338 e. The number of hydrogen-bond donors (Lipinski definition) is 0. The van der Waals surface area contributed by atoms with E-state index in [2.05, 4.69) is 6.58 Å². The largest absolute Gasteiger partial charge is 0.460 e. The van der Waals surface area contributed by atoms with Gasteiger partial charge in [0.2, 0.25) is 0 Å². The molecule has 0 aromatic heterocycles. The molecular weight excluding hydrogens is 240 g/mol. The maximum absolute atomic E-state index is 11.5. The van der Waals surface area contributed by atoms with Gasteiger partial charge in [0, 0.05) is 5.88 Å². The molecule has 0 bridgehead atoms. The van der Waals surface area contributed by atoms with Crippen LogP contribution in [-0.4, -0.2) is 25.8 Å². The Morgan fingerprint density at radius 3 is 2.59 bits per heavy atom. The zero-order valence-electron chi connectivity index (χ0n) is 9.52. The Kier molecular flexibility index (Phi) is 6.37. The second-order valence-electron chi connectivity index (χ2n) is 3.33. The third kappa shape index (κ3) is 5.02. The van der Waals surface area contributed by atoms with E-state index in [1.54, 1.807) is 30.3 Å². The summed E-state index contributed by atoms with van der Waals surface area (Å²) < 4.78 is 10.1. The van der Waals surface area contributed by atoms with E-state index in [0.717, 1.165) is 5.56 Å². The highest BCUT2D eigenvalue weighted by Gasteiger charge is 2.06. The molecule has 1 rings (SSSR count). The summed E-state index contributed by atoms with van der Waals surface area (Å²) in [6, 6.07) is 7.00. The standard InChI is InChI=1S/C13H15ClO3/c1-2-7-16-8-9-17-13(15)12-5-3-11(10-14)4-6-12/h2-6H,1,7-10H2. The fourth-order valence-corrected chi connectivity index (χ4v) is 1.35. The monoisotopic (exact) mass is 254 g/mol. The van der Waals surface area contributed by atoms with E-state index in [9.17, 15) is 4.79 Å². The number of benzene rings is 1. The summed E-state index contributed by atoms with van der Waals surface area (Å²) in [4.78, 5) is 11.5. The zero-order valence-corrected chi connectivity index (χ0v) is 10.3. The van der Waals surface area contributed by atoms with Crippen LogP contribution in [0.4, 0.5) is 0 Å². The van der Waals surface area contributed by atoms with Crippen LogP contribution in [0.1, 0.15) is 15.9 Å². The van der Waals surface area contributed by atoms with Gasteiger partial charge in [-0.25, -0.2) is 4.79 Å². The number of hydrogen-bond acceptors (Lipinski definition) is 3. The fraction of sp³-hybridized carbons (Fsp3) is 0.308. The molecule has 0 aliphatic heterocycles. The molecule has 0 spiro atoms. The van der Waals surface area contributed by atoms with Crippen molar-refractivity contribution in [2.45, 2.75) is 5.88 Å². The summed E-state index contributed by atoms with van der Waals surface area (Å²) in [5.41, 5.74) is 1.49. The van der Waals surface area contributed by atoms with Crippen molar-refractivity contribution in [3.63, 3.8) is 0 Å². The van der Waals surface area contributed by atoms with Crippen LogP contribution >= 0.6 is 11.6 Å².